The monoisotopic (exact) mass is 262 g/mol. The van der Waals surface area contributed by atoms with E-state index in [-0.39, 0.29) is 6.10 Å². The van der Waals surface area contributed by atoms with Crippen LogP contribution in [0.2, 0.25) is 0 Å². The highest BCUT2D eigenvalue weighted by Crippen LogP contribution is 2.25. The number of pyridine rings is 1. The van der Waals surface area contributed by atoms with Crippen molar-refractivity contribution in [3.63, 3.8) is 0 Å². The first-order valence-corrected chi connectivity index (χ1v) is 5.62. The standard InChI is InChI=1S/C11H13F3N2O2/c12-11(13,14)18-10-7-9(3-6-16-10)17-8-1-4-15-5-2-8/h3,6-8,15H,1-2,4-5H2. The number of rotatable bonds is 3. The van der Waals surface area contributed by atoms with Crippen molar-refractivity contribution in [1.29, 1.82) is 0 Å². The van der Waals surface area contributed by atoms with Gasteiger partial charge in [-0.25, -0.2) is 4.98 Å². The van der Waals surface area contributed by atoms with E-state index in [0.717, 1.165) is 32.0 Å². The summed E-state index contributed by atoms with van der Waals surface area (Å²) in [5.41, 5.74) is 0. The van der Waals surface area contributed by atoms with Crippen LogP contribution < -0.4 is 14.8 Å². The van der Waals surface area contributed by atoms with Crippen molar-refractivity contribution in [2.45, 2.75) is 25.3 Å². The number of nitrogens with one attached hydrogen (secondary N) is 1. The van der Waals surface area contributed by atoms with E-state index in [1.807, 2.05) is 0 Å². The Morgan fingerprint density at radius 2 is 2.00 bits per heavy atom. The summed E-state index contributed by atoms with van der Waals surface area (Å²) in [6.45, 7) is 1.70. The quantitative estimate of drug-likeness (QED) is 0.906. The fourth-order valence-electron chi connectivity index (χ4n) is 1.74. The van der Waals surface area contributed by atoms with Gasteiger partial charge < -0.3 is 14.8 Å². The molecule has 2 rings (SSSR count). The third kappa shape index (κ3) is 4.06. The number of aromatic nitrogens is 1. The summed E-state index contributed by atoms with van der Waals surface area (Å²) in [6.07, 6.45) is -1.82. The number of ether oxygens (including phenoxy) is 2. The molecule has 0 spiro atoms. The zero-order chi connectivity index (χ0) is 13.0. The molecule has 7 heteroatoms. The normalized spacial score (nSPS) is 17.5. The number of hydrogen-bond acceptors (Lipinski definition) is 4. The molecular weight excluding hydrogens is 249 g/mol. The maximum atomic E-state index is 12.0. The van der Waals surface area contributed by atoms with Gasteiger partial charge in [0.1, 0.15) is 11.9 Å². The molecule has 0 saturated carbocycles. The van der Waals surface area contributed by atoms with Crippen molar-refractivity contribution in [3.05, 3.63) is 18.3 Å². The van der Waals surface area contributed by atoms with Crippen molar-refractivity contribution in [1.82, 2.24) is 10.3 Å². The van der Waals surface area contributed by atoms with E-state index in [0.29, 0.717) is 5.75 Å². The second-order valence-electron chi connectivity index (χ2n) is 3.94. The van der Waals surface area contributed by atoms with Crippen LogP contribution in [0.25, 0.3) is 0 Å². The molecule has 1 N–H and O–H groups in total. The van der Waals surface area contributed by atoms with Crippen molar-refractivity contribution in [2.24, 2.45) is 0 Å². The van der Waals surface area contributed by atoms with Gasteiger partial charge in [-0.1, -0.05) is 0 Å². The molecule has 1 saturated heterocycles. The molecule has 0 aromatic carbocycles. The van der Waals surface area contributed by atoms with Gasteiger partial charge in [-0.3, -0.25) is 0 Å². The summed E-state index contributed by atoms with van der Waals surface area (Å²) >= 11 is 0. The van der Waals surface area contributed by atoms with Crippen molar-refractivity contribution in [3.8, 4) is 11.6 Å². The largest absolute Gasteiger partial charge is 0.574 e. The van der Waals surface area contributed by atoms with Crippen molar-refractivity contribution >= 4 is 0 Å². The van der Waals surface area contributed by atoms with Gasteiger partial charge in [-0.15, -0.1) is 13.2 Å². The highest BCUT2D eigenvalue weighted by Gasteiger charge is 2.32. The molecule has 1 aromatic heterocycles. The van der Waals surface area contributed by atoms with E-state index in [1.54, 1.807) is 0 Å². The van der Waals surface area contributed by atoms with Gasteiger partial charge in [0, 0.05) is 12.3 Å². The number of halogens is 3. The van der Waals surface area contributed by atoms with E-state index in [2.05, 4.69) is 15.0 Å². The fourth-order valence-corrected chi connectivity index (χ4v) is 1.74. The molecule has 0 unspecified atom stereocenters. The van der Waals surface area contributed by atoms with Crippen LogP contribution in [0, 0.1) is 0 Å². The van der Waals surface area contributed by atoms with Gasteiger partial charge >= 0.3 is 6.36 Å². The number of alkyl halides is 3. The van der Waals surface area contributed by atoms with Crippen LogP contribution in [0.4, 0.5) is 13.2 Å². The topological polar surface area (TPSA) is 43.4 Å². The molecule has 0 amide bonds. The number of nitrogens with zero attached hydrogens (tertiary/aromatic N) is 1. The Morgan fingerprint density at radius 3 is 2.67 bits per heavy atom. The molecule has 1 aliphatic heterocycles. The van der Waals surface area contributed by atoms with E-state index in [4.69, 9.17) is 4.74 Å². The van der Waals surface area contributed by atoms with Gasteiger partial charge in [0.05, 0.1) is 0 Å². The lowest BCUT2D eigenvalue weighted by Crippen LogP contribution is -2.34. The maximum absolute atomic E-state index is 12.0. The van der Waals surface area contributed by atoms with E-state index >= 15 is 0 Å². The fraction of sp³-hybridized carbons (Fsp3) is 0.545. The van der Waals surface area contributed by atoms with E-state index < -0.39 is 12.2 Å². The third-order valence-electron chi connectivity index (χ3n) is 2.52. The van der Waals surface area contributed by atoms with Crippen LogP contribution in [-0.2, 0) is 0 Å². The van der Waals surface area contributed by atoms with E-state index in [9.17, 15) is 13.2 Å². The zero-order valence-electron chi connectivity index (χ0n) is 9.54. The Labute approximate surface area is 102 Å². The summed E-state index contributed by atoms with van der Waals surface area (Å²) < 4.78 is 45.4. The van der Waals surface area contributed by atoms with Gasteiger partial charge in [0.25, 0.3) is 0 Å². The Balaban J connectivity index is 1.98. The summed E-state index contributed by atoms with van der Waals surface area (Å²) in [6, 6.07) is 2.67. The SMILES string of the molecule is FC(F)(F)Oc1cc(OC2CCNCC2)ccn1. The summed E-state index contributed by atoms with van der Waals surface area (Å²) in [5, 5.41) is 3.18. The Hall–Kier alpha value is -1.50. The summed E-state index contributed by atoms with van der Waals surface area (Å²) in [5.74, 6) is -0.162. The highest BCUT2D eigenvalue weighted by molar-refractivity contribution is 5.26. The first kappa shape index (κ1) is 12.9. The minimum Gasteiger partial charge on any atom is -0.490 e. The number of hydrogen-bond donors (Lipinski definition) is 1. The van der Waals surface area contributed by atoms with Crippen LogP contribution in [0.5, 0.6) is 11.6 Å². The van der Waals surface area contributed by atoms with Crippen LogP contribution >= 0.6 is 0 Å². The van der Waals surface area contributed by atoms with Crippen LogP contribution in [0.3, 0.4) is 0 Å². The zero-order valence-corrected chi connectivity index (χ0v) is 9.54. The Kier molecular flexibility index (Phi) is 3.90. The highest BCUT2D eigenvalue weighted by atomic mass is 19.4. The Bertz CT molecular complexity index is 392. The molecule has 100 valence electrons. The van der Waals surface area contributed by atoms with Crippen LogP contribution in [-0.4, -0.2) is 30.5 Å². The van der Waals surface area contributed by atoms with Gasteiger partial charge in [-0.2, -0.15) is 0 Å². The number of piperidine rings is 1. The van der Waals surface area contributed by atoms with E-state index in [1.165, 1.54) is 12.3 Å². The average molecular weight is 262 g/mol. The Morgan fingerprint density at radius 1 is 1.28 bits per heavy atom. The summed E-state index contributed by atoms with van der Waals surface area (Å²) in [7, 11) is 0. The molecule has 0 atom stereocenters. The van der Waals surface area contributed by atoms with Crippen LogP contribution in [0.15, 0.2) is 18.3 Å². The second kappa shape index (κ2) is 5.43. The third-order valence-corrected chi connectivity index (χ3v) is 2.52. The van der Waals surface area contributed by atoms with Crippen molar-refractivity contribution < 1.29 is 22.6 Å². The summed E-state index contributed by atoms with van der Waals surface area (Å²) in [4.78, 5) is 3.48. The molecule has 1 aliphatic rings. The minimum atomic E-state index is -4.74. The first-order chi connectivity index (χ1) is 8.53. The molecule has 0 aliphatic carbocycles. The molecular formula is C11H13F3N2O2. The predicted molar refractivity (Wildman–Crippen MR) is 57.4 cm³/mol. The maximum Gasteiger partial charge on any atom is 0.574 e. The predicted octanol–water partition coefficient (Wildman–Crippen LogP) is 2.11. The molecule has 2 heterocycles. The van der Waals surface area contributed by atoms with Crippen LogP contribution in [0.1, 0.15) is 12.8 Å². The van der Waals surface area contributed by atoms with Gasteiger partial charge in [-0.05, 0) is 32.0 Å². The molecule has 0 bridgehead atoms. The molecule has 0 radical (unpaired) electrons. The molecule has 4 nitrogen and oxygen atoms in total. The van der Waals surface area contributed by atoms with Gasteiger partial charge in [0.15, 0.2) is 0 Å². The first-order valence-electron chi connectivity index (χ1n) is 5.62. The minimum absolute atomic E-state index is 0.0207. The molecule has 1 fully saturated rings. The molecule has 18 heavy (non-hydrogen) atoms. The van der Waals surface area contributed by atoms with Gasteiger partial charge in [0.2, 0.25) is 5.88 Å². The second-order valence-corrected chi connectivity index (χ2v) is 3.94. The lowest BCUT2D eigenvalue weighted by atomic mass is 10.1. The average Bonchev–Trinajstić information content (AvgIpc) is 2.28. The van der Waals surface area contributed by atoms with Crippen molar-refractivity contribution in [2.75, 3.05) is 13.1 Å². The molecule has 1 aromatic rings. The smallest absolute Gasteiger partial charge is 0.490 e. The lowest BCUT2D eigenvalue weighted by Gasteiger charge is -2.23. The lowest BCUT2D eigenvalue weighted by molar-refractivity contribution is -0.276.